The average Bonchev–Trinajstić information content (AvgIpc) is 3.53. The van der Waals surface area contributed by atoms with Gasteiger partial charge in [0, 0.05) is 18.1 Å². The molecule has 1 aliphatic rings. The maximum atomic E-state index is 13.4. The van der Waals surface area contributed by atoms with Crippen molar-refractivity contribution in [3.63, 3.8) is 0 Å². The van der Waals surface area contributed by atoms with Crippen LogP contribution in [-0.4, -0.2) is 48.1 Å². The third kappa shape index (κ3) is 4.71. The molecule has 1 atom stereocenters. The standard InChI is InChI=1S/C25H25N3O6S/c1-31-15-9-10-18(20(12-15)32-2)26-21(29)14-35-25-27-22-17-7-3-4-8-19(17)34-23(22)24(30)28(25)13-16-6-5-11-33-16/h3-4,7-10,12,16H,5-6,11,13-14H2,1-2H3,(H,26,29)/t16-/m1/s1. The zero-order chi connectivity index (χ0) is 24.4. The van der Waals surface area contributed by atoms with Crippen molar-refractivity contribution in [1.29, 1.82) is 0 Å². The van der Waals surface area contributed by atoms with Gasteiger partial charge in [0.1, 0.15) is 22.6 Å². The molecule has 0 bridgehead atoms. The van der Waals surface area contributed by atoms with Gasteiger partial charge in [-0.3, -0.25) is 14.2 Å². The molecule has 0 radical (unpaired) electrons. The summed E-state index contributed by atoms with van der Waals surface area (Å²) in [6.45, 7) is 1.03. The van der Waals surface area contributed by atoms with E-state index in [1.54, 1.807) is 29.9 Å². The van der Waals surface area contributed by atoms with Gasteiger partial charge < -0.3 is 23.9 Å². The van der Waals surface area contributed by atoms with Gasteiger partial charge in [0.2, 0.25) is 11.5 Å². The molecule has 182 valence electrons. The molecule has 2 aromatic carbocycles. The molecule has 0 spiro atoms. The van der Waals surface area contributed by atoms with Gasteiger partial charge in [-0.1, -0.05) is 23.9 Å². The molecule has 3 heterocycles. The van der Waals surface area contributed by atoms with Crippen molar-refractivity contribution in [2.24, 2.45) is 0 Å². The van der Waals surface area contributed by atoms with E-state index < -0.39 is 0 Å². The van der Waals surface area contributed by atoms with E-state index in [-0.39, 0.29) is 28.9 Å². The fourth-order valence-corrected chi connectivity index (χ4v) is 4.94. The number of hydrogen-bond donors (Lipinski definition) is 1. The Hall–Kier alpha value is -3.50. The van der Waals surface area contributed by atoms with E-state index in [9.17, 15) is 9.59 Å². The minimum atomic E-state index is -0.276. The molecule has 1 aliphatic heterocycles. The number of carbonyl (C=O) groups excluding carboxylic acids is 1. The van der Waals surface area contributed by atoms with Crippen molar-refractivity contribution in [2.45, 2.75) is 30.6 Å². The molecule has 1 amide bonds. The van der Waals surface area contributed by atoms with E-state index in [0.29, 0.717) is 46.6 Å². The van der Waals surface area contributed by atoms with E-state index >= 15 is 0 Å². The van der Waals surface area contributed by atoms with Crippen LogP contribution in [0.4, 0.5) is 5.69 Å². The van der Waals surface area contributed by atoms with Crippen LogP contribution in [-0.2, 0) is 16.1 Å². The molecule has 1 saturated heterocycles. The largest absolute Gasteiger partial charge is 0.497 e. The molecule has 9 nitrogen and oxygen atoms in total. The second-order valence-electron chi connectivity index (χ2n) is 8.12. The Bertz CT molecular complexity index is 1440. The number of nitrogens with zero attached hydrogens (tertiary/aromatic N) is 2. The predicted octanol–water partition coefficient (Wildman–Crippen LogP) is 4.07. The highest BCUT2D eigenvalue weighted by molar-refractivity contribution is 7.99. The number of ether oxygens (including phenoxy) is 3. The lowest BCUT2D eigenvalue weighted by atomic mass is 10.2. The van der Waals surface area contributed by atoms with Crippen LogP contribution in [0.15, 0.2) is 56.8 Å². The van der Waals surface area contributed by atoms with Crippen LogP contribution in [0.1, 0.15) is 12.8 Å². The zero-order valence-electron chi connectivity index (χ0n) is 19.4. The summed E-state index contributed by atoms with van der Waals surface area (Å²) in [4.78, 5) is 31.0. The molecule has 2 aromatic heterocycles. The van der Waals surface area contributed by atoms with Crippen LogP contribution in [0.5, 0.6) is 11.5 Å². The summed E-state index contributed by atoms with van der Waals surface area (Å²) in [6.07, 6.45) is 1.74. The SMILES string of the molecule is COc1ccc(NC(=O)CSc2nc3c(oc4ccccc43)c(=O)n2C[C@H]2CCCO2)c(OC)c1. The normalized spacial score (nSPS) is 15.5. The van der Waals surface area contributed by atoms with Crippen molar-refractivity contribution in [3.05, 3.63) is 52.8 Å². The molecule has 0 aliphatic carbocycles. The van der Waals surface area contributed by atoms with E-state index in [2.05, 4.69) is 5.32 Å². The molecular formula is C25H25N3O6S. The summed E-state index contributed by atoms with van der Waals surface area (Å²) in [6, 6.07) is 12.6. The Balaban J connectivity index is 1.43. The summed E-state index contributed by atoms with van der Waals surface area (Å²) in [5.41, 5.74) is 1.55. The minimum absolute atomic E-state index is 0.0500. The highest BCUT2D eigenvalue weighted by Gasteiger charge is 2.23. The number of carbonyl (C=O) groups is 1. The smallest absolute Gasteiger partial charge is 0.297 e. The van der Waals surface area contributed by atoms with Crippen LogP contribution in [0.3, 0.4) is 0 Å². The number of nitrogens with one attached hydrogen (secondary N) is 1. The van der Waals surface area contributed by atoms with E-state index in [4.69, 9.17) is 23.6 Å². The summed E-state index contributed by atoms with van der Waals surface area (Å²) in [5.74, 6) is 0.905. The Morgan fingerprint density at radius 3 is 2.86 bits per heavy atom. The Morgan fingerprint density at radius 1 is 1.23 bits per heavy atom. The van der Waals surface area contributed by atoms with Gasteiger partial charge in [0.15, 0.2) is 5.16 Å². The quantitative estimate of drug-likeness (QED) is 0.288. The maximum Gasteiger partial charge on any atom is 0.297 e. The number of fused-ring (bicyclic) bond motifs is 3. The van der Waals surface area contributed by atoms with Crippen LogP contribution in [0.25, 0.3) is 22.1 Å². The number of furan rings is 1. The van der Waals surface area contributed by atoms with Crippen LogP contribution >= 0.6 is 11.8 Å². The molecule has 4 aromatic rings. The third-order valence-corrected chi connectivity index (χ3v) is 6.85. The second-order valence-corrected chi connectivity index (χ2v) is 9.07. The van der Waals surface area contributed by atoms with Gasteiger partial charge in [0.25, 0.3) is 5.56 Å². The van der Waals surface area contributed by atoms with Crippen molar-refractivity contribution in [2.75, 3.05) is 31.9 Å². The minimum Gasteiger partial charge on any atom is -0.497 e. The molecule has 1 fully saturated rings. The second kappa shape index (κ2) is 10.0. The molecular weight excluding hydrogens is 470 g/mol. The zero-order valence-corrected chi connectivity index (χ0v) is 20.2. The number of benzene rings is 2. The Kier molecular flexibility index (Phi) is 6.65. The third-order valence-electron chi connectivity index (χ3n) is 5.87. The number of para-hydroxylation sites is 1. The maximum absolute atomic E-state index is 13.4. The predicted molar refractivity (Wildman–Crippen MR) is 134 cm³/mol. The first-order valence-corrected chi connectivity index (χ1v) is 12.2. The lowest BCUT2D eigenvalue weighted by Crippen LogP contribution is -2.29. The number of amides is 1. The topological polar surface area (TPSA) is 105 Å². The van der Waals surface area contributed by atoms with E-state index in [0.717, 1.165) is 18.2 Å². The van der Waals surface area contributed by atoms with Crippen molar-refractivity contribution < 1.29 is 23.4 Å². The van der Waals surface area contributed by atoms with Gasteiger partial charge >= 0.3 is 0 Å². The Labute approximate surface area is 205 Å². The Morgan fingerprint density at radius 2 is 2.09 bits per heavy atom. The lowest BCUT2D eigenvalue weighted by molar-refractivity contribution is -0.113. The van der Waals surface area contributed by atoms with Crippen LogP contribution in [0.2, 0.25) is 0 Å². The monoisotopic (exact) mass is 495 g/mol. The number of anilines is 1. The number of thioether (sulfide) groups is 1. The number of methoxy groups -OCH3 is 2. The molecule has 0 saturated carbocycles. The highest BCUT2D eigenvalue weighted by Crippen LogP contribution is 2.30. The van der Waals surface area contributed by atoms with Crippen molar-refractivity contribution >= 4 is 45.4 Å². The molecule has 5 rings (SSSR count). The van der Waals surface area contributed by atoms with Gasteiger partial charge in [-0.2, -0.15) is 0 Å². The van der Waals surface area contributed by atoms with E-state index in [1.807, 2.05) is 24.3 Å². The molecule has 35 heavy (non-hydrogen) atoms. The van der Waals surface area contributed by atoms with E-state index in [1.165, 1.54) is 18.9 Å². The molecule has 1 N–H and O–H groups in total. The van der Waals surface area contributed by atoms with Crippen molar-refractivity contribution in [3.8, 4) is 11.5 Å². The first kappa shape index (κ1) is 23.3. The summed E-state index contributed by atoms with van der Waals surface area (Å²) in [7, 11) is 3.09. The van der Waals surface area contributed by atoms with Gasteiger partial charge in [-0.15, -0.1) is 0 Å². The summed E-state index contributed by atoms with van der Waals surface area (Å²) in [5, 5.41) is 4.06. The lowest BCUT2D eigenvalue weighted by Gasteiger charge is -2.15. The fraction of sp³-hybridized carbons (Fsp3) is 0.320. The fourth-order valence-electron chi connectivity index (χ4n) is 4.13. The first-order valence-electron chi connectivity index (χ1n) is 11.3. The molecule has 10 heteroatoms. The summed E-state index contributed by atoms with van der Waals surface area (Å²) < 4.78 is 23.7. The number of hydrogen-bond acceptors (Lipinski definition) is 8. The molecule has 0 unspecified atom stereocenters. The van der Waals surface area contributed by atoms with Crippen LogP contribution in [0, 0.1) is 0 Å². The number of aromatic nitrogens is 2. The van der Waals surface area contributed by atoms with Crippen LogP contribution < -0.4 is 20.3 Å². The average molecular weight is 496 g/mol. The summed E-state index contributed by atoms with van der Waals surface area (Å²) >= 11 is 1.20. The van der Waals surface area contributed by atoms with Gasteiger partial charge in [-0.25, -0.2) is 4.98 Å². The highest BCUT2D eigenvalue weighted by atomic mass is 32.2. The van der Waals surface area contributed by atoms with Gasteiger partial charge in [0.05, 0.1) is 38.3 Å². The van der Waals surface area contributed by atoms with Crippen molar-refractivity contribution in [1.82, 2.24) is 9.55 Å². The van der Waals surface area contributed by atoms with Gasteiger partial charge in [-0.05, 0) is 37.1 Å². The first-order chi connectivity index (χ1) is 17.1. The number of rotatable bonds is 8.